The molecule has 1 atom stereocenters. The third-order valence-corrected chi connectivity index (χ3v) is 4.24. The Kier molecular flexibility index (Phi) is 8.71. The molecule has 138 valence electrons. The van der Waals surface area contributed by atoms with Crippen molar-refractivity contribution in [1.29, 1.82) is 0 Å². The number of rotatable bonds is 0. The highest BCUT2D eigenvalue weighted by molar-refractivity contribution is 6.12. The minimum atomic E-state index is 0.112. The molecule has 1 unspecified atom stereocenters. The average molecular weight is 351 g/mol. The van der Waals surface area contributed by atoms with Gasteiger partial charge in [0.1, 0.15) is 0 Å². The second-order valence-electron chi connectivity index (χ2n) is 5.89. The van der Waals surface area contributed by atoms with E-state index in [0.29, 0.717) is 11.4 Å². The van der Waals surface area contributed by atoms with E-state index in [2.05, 4.69) is 6.58 Å². The van der Waals surface area contributed by atoms with Crippen molar-refractivity contribution in [2.75, 3.05) is 0 Å². The average Bonchev–Trinajstić information content (AvgIpc) is 3.15. The highest BCUT2D eigenvalue weighted by Gasteiger charge is 2.25. The first-order chi connectivity index (χ1) is 12.6. The third kappa shape index (κ3) is 4.78. The van der Waals surface area contributed by atoms with Crippen molar-refractivity contribution in [3.63, 3.8) is 0 Å². The topological polar surface area (TPSA) is 34.1 Å². The van der Waals surface area contributed by atoms with Gasteiger partial charge in [-0.2, -0.15) is 0 Å². The minimum absolute atomic E-state index is 0.112. The van der Waals surface area contributed by atoms with Crippen molar-refractivity contribution in [2.45, 2.75) is 47.5 Å². The van der Waals surface area contributed by atoms with Gasteiger partial charge >= 0.3 is 0 Å². The van der Waals surface area contributed by atoms with E-state index in [0.717, 1.165) is 29.5 Å². The van der Waals surface area contributed by atoms with Crippen LogP contribution >= 0.6 is 0 Å². The zero-order valence-electron chi connectivity index (χ0n) is 16.6. The number of benzene rings is 2. The standard InChI is InChI=1S/C10H10O.C10H8O.2C2H6/c2*1-7-6-8-4-2-3-5-9(8)10(7)11;2*1-2/h2-5,7H,6H2,1H3;2-5H,1,6H2;2*1-2H3. The van der Waals surface area contributed by atoms with Gasteiger partial charge in [0.15, 0.2) is 11.6 Å². The van der Waals surface area contributed by atoms with E-state index in [1.807, 2.05) is 83.1 Å². The lowest BCUT2D eigenvalue weighted by molar-refractivity contribution is 0.0945. The van der Waals surface area contributed by atoms with Gasteiger partial charge < -0.3 is 0 Å². The molecule has 2 nitrogen and oxygen atoms in total. The lowest BCUT2D eigenvalue weighted by atomic mass is 10.1. The van der Waals surface area contributed by atoms with E-state index in [-0.39, 0.29) is 11.7 Å². The molecular formula is C24H30O2. The summed E-state index contributed by atoms with van der Waals surface area (Å²) in [5, 5.41) is 0. The molecule has 2 aromatic carbocycles. The predicted octanol–water partition coefficient (Wildman–Crippen LogP) is 6.10. The minimum Gasteiger partial charge on any atom is -0.294 e. The van der Waals surface area contributed by atoms with Crippen molar-refractivity contribution in [1.82, 2.24) is 0 Å². The van der Waals surface area contributed by atoms with Crippen molar-refractivity contribution >= 4 is 11.6 Å². The second-order valence-corrected chi connectivity index (χ2v) is 5.89. The summed E-state index contributed by atoms with van der Waals surface area (Å²) in [4.78, 5) is 22.7. The maximum absolute atomic E-state index is 11.4. The molecular weight excluding hydrogens is 320 g/mol. The fraction of sp³-hybridized carbons (Fsp3) is 0.333. The number of fused-ring (bicyclic) bond motifs is 2. The second kappa shape index (κ2) is 10.5. The van der Waals surface area contributed by atoms with Crippen LogP contribution in [0.5, 0.6) is 0 Å². The van der Waals surface area contributed by atoms with E-state index >= 15 is 0 Å². The van der Waals surface area contributed by atoms with Crippen LogP contribution in [0, 0.1) is 5.92 Å². The number of allylic oxidation sites excluding steroid dienone is 1. The summed E-state index contributed by atoms with van der Waals surface area (Å²) in [5.41, 5.74) is 4.80. The molecule has 0 aromatic heterocycles. The molecule has 4 rings (SSSR count). The van der Waals surface area contributed by atoms with Crippen LogP contribution in [0.3, 0.4) is 0 Å². The lowest BCUT2D eigenvalue weighted by Gasteiger charge is -1.93. The number of carbonyl (C=O) groups excluding carboxylic acids is 2. The van der Waals surface area contributed by atoms with Crippen LogP contribution in [-0.4, -0.2) is 11.6 Å². The van der Waals surface area contributed by atoms with Gasteiger partial charge in [-0.1, -0.05) is 89.7 Å². The Morgan fingerprint density at radius 1 is 0.808 bits per heavy atom. The zero-order chi connectivity index (χ0) is 19.7. The molecule has 0 saturated heterocycles. The van der Waals surface area contributed by atoms with E-state index < -0.39 is 0 Å². The zero-order valence-corrected chi connectivity index (χ0v) is 16.6. The van der Waals surface area contributed by atoms with Crippen LogP contribution in [0.25, 0.3) is 0 Å². The number of carbonyl (C=O) groups is 2. The van der Waals surface area contributed by atoms with Gasteiger partial charge in [-0.3, -0.25) is 9.59 Å². The molecule has 0 fully saturated rings. The third-order valence-electron chi connectivity index (χ3n) is 4.24. The molecule has 2 aliphatic rings. The largest absolute Gasteiger partial charge is 0.294 e. The highest BCUT2D eigenvalue weighted by Crippen LogP contribution is 2.25. The molecule has 0 bridgehead atoms. The van der Waals surface area contributed by atoms with Crippen LogP contribution in [-0.2, 0) is 12.8 Å². The summed E-state index contributed by atoms with van der Waals surface area (Å²) in [6.45, 7) is 13.7. The molecule has 2 aromatic rings. The van der Waals surface area contributed by atoms with Crippen LogP contribution in [0.1, 0.15) is 66.5 Å². The van der Waals surface area contributed by atoms with Gasteiger partial charge in [-0.05, 0) is 23.1 Å². The number of hydrogen-bond acceptors (Lipinski definition) is 2. The summed E-state index contributed by atoms with van der Waals surface area (Å²) in [6, 6.07) is 15.5. The van der Waals surface area contributed by atoms with Gasteiger partial charge in [0, 0.05) is 23.5 Å². The fourth-order valence-electron chi connectivity index (χ4n) is 3.02. The van der Waals surface area contributed by atoms with Gasteiger partial charge in [-0.25, -0.2) is 0 Å². The molecule has 26 heavy (non-hydrogen) atoms. The predicted molar refractivity (Wildman–Crippen MR) is 110 cm³/mol. The Morgan fingerprint density at radius 3 is 1.85 bits per heavy atom. The van der Waals surface area contributed by atoms with Crippen LogP contribution in [0.15, 0.2) is 60.7 Å². The number of Topliss-reactive ketones (excluding diaryl/α,β-unsaturated/α-hetero) is 2. The molecule has 0 heterocycles. The Morgan fingerprint density at radius 2 is 1.31 bits per heavy atom. The van der Waals surface area contributed by atoms with Crippen LogP contribution in [0.4, 0.5) is 0 Å². The normalized spacial score (nSPS) is 16.2. The van der Waals surface area contributed by atoms with Gasteiger partial charge in [0.25, 0.3) is 0 Å². The molecule has 0 N–H and O–H groups in total. The molecule has 0 saturated carbocycles. The fourth-order valence-corrected chi connectivity index (χ4v) is 3.02. The Balaban J connectivity index is 0.000000219. The Hall–Kier alpha value is -2.48. The smallest absolute Gasteiger partial charge is 0.189 e. The summed E-state index contributed by atoms with van der Waals surface area (Å²) < 4.78 is 0. The molecule has 2 aliphatic carbocycles. The maximum atomic E-state index is 11.4. The molecule has 0 radical (unpaired) electrons. The first-order valence-corrected chi connectivity index (χ1v) is 9.50. The maximum Gasteiger partial charge on any atom is 0.189 e. The van der Waals surface area contributed by atoms with Crippen molar-refractivity contribution in [2.24, 2.45) is 5.92 Å². The molecule has 0 aliphatic heterocycles. The molecule has 0 amide bonds. The van der Waals surface area contributed by atoms with E-state index in [9.17, 15) is 9.59 Å². The number of hydrogen-bond donors (Lipinski definition) is 0. The first kappa shape index (κ1) is 21.6. The number of ketones is 2. The lowest BCUT2D eigenvalue weighted by Crippen LogP contribution is -2.02. The van der Waals surface area contributed by atoms with Crippen molar-refractivity contribution in [3.8, 4) is 0 Å². The van der Waals surface area contributed by atoms with Gasteiger partial charge in [-0.15, -0.1) is 0 Å². The first-order valence-electron chi connectivity index (χ1n) is 9.50. The van der Waals surface area contributed by atoms with Gasteiger partial charge in [0.05, 0.1) is 0 Å². The quantitative estimate of drug-likeness (QED) is 0.538. The van der Waals surface area contributed by atoms with Crippen LogP contribution < -0.4 is 0 Å². The molecule has 0 spiro atoms. The summed E-state index contributed by atoms with van der Waals surface area (Å²) in [6.07, 6.45) is 1.66. The summed E-state index contributed by atoms with van der Waals surface area (Å²) in [7, 11) is 0. The SMILES string of the molecule is C=C1Cc2ccccc2C1=O.CC.CC.CC1Cc2ccccc2C1=O. The van der Waals surface area contributed by atoms with Crippen molar-refractivity contribution in [3.05, 3.63) is 82.9 Å². The highest BCUT2D eigenvalue weighted by atomic mass is 16.1. The van der Waals surface area contributed by atoms with E-state index in [1.165, 1.54) is 5.56 Å². The monoisotopic (exact) mass is 350 g/mol. The van der Waals surface area contributed by atoms with Gasteiger partial charge in [0.2, 0.25) is 0 Å². The van der Waals surface area contributed by atoms with Crippen molar-refractivity contribution < 1.29 is 9.59 Å². The van der Waals surface area contributed by atoms with E-state index in [1.54, 1.807) is 0 Å². The Labute approximate surface area is 158 Å². The summed E-state index contributed by atoms with van der Waals surface area (Å²) >= 11 is 0. The molecule has 2 heteroatoms. The van der Waals surface area contributed by atoms with E-state index in [4.69, 9.17) is 0 Å². The Bertz CT molecular complexity index is 771. The summed E-state index contributed by atoms with van der Waals surface area (Å²) in [5.74, 6) is 0.619. The van der Waals surface area contributed by atoms with Crippen LogP contribution in [0.2, 0.25) is 0 Å².